The summed E-state index contributed by atoms with van der Waals surface area (Å²) in [6.45, 7) is 1.61. The minimum atomic E-state index is -4.49. The van der Waals surface area contributed by atoms with E-state index in [2.05, 4.69) is 15.4 Å². The number of aromatic nitrogens is 3. The van der Waals surface area contributed by atoms with Crippen LogP contribution in [0.5, 0.6) is 0 Å². The average Bonchev–Trinajstić information content (AvgIpc) is 3.10. The average molecular weight is 449 g/mol. The van der Waals surface area contributed by atoms with Gasteiger partial charge in [0.1, 0.15) is 0 Å². The van der Waals surface area contributed by atoms with Gasteiger partial charge in [-0.25, -0.2) is 9.67 Å². The molecule has 0 bridgehead atoms. The predicted molar refractivity (Wildman–Crippen MR) is 110 cm³/mol. The van der Waals surface area contributed by atoms with Crippen LogP contribution in [0.3, 0.4) is 0 Å². The number of hydrogen-bond donors (Lipinski definition) is 1. The van der Waals surface area contributed by atoms with Crippen LogP contribution >= 0.6 is 11.8 Å². The molecule has 1 aromatic carbocycles. The molecule has 0 saturated heterocycles. The van der Waals surface area contributed by atoms with Crippen molar-refractivity contribution in [2.45, 2.75) is 18.0 Å². The summed E-state index contributed by atoms with van der Waals surface area (Å²) in [7, 11) is 3.26. The van der Waals surface area contributed by atoms with Crippen molar-refractivity contribution in [2.24, 2.45) is 0 Å². The number of nitrogens with one attached hydrogen (secondary N) is 1. The van der Waals surface area contributed by atoms with Crippen LogP contribution in [0, 0.1) is 6.92 Å². The highest BCUT2D eigenvalue weighted by molar-refractivity contribution is 8.13. The normalized spacial score (nSPS) is 11.3. The number of nitrogens with zero attached hydrogens (tertiary/aromatic N) is 4. The zero-order valence-corrected chi connectivity index (χ0v) is 17.6. The van der Waals surface area contributed by atoms with Crippen molar-refractivity contribution in [2.75, 3.05) is 19.4 Å². The van der Waals surface area contributed by atoms with Crippen molar-refractivity contribution in [1.82, 2.24) is 19.7 Å². The first kappa shape index (κ1) is 22.3. The van der Waals surface area contributed by atoms with Gasteiger partial charge >= 0.3 is 6.18 Å². The van der Waals surface area contributed by atoms with E-state index >= 15 is 0 Å². The number of anilines is 1. The predicted octanol–water partition coefficient (Wildman–Crippen LogP) is 4.62. The Morgan fingerprint density at radius 2 is 1.81 bits per heavy atom. The summed E-state index contributed by atoms with van der Waals surface area (Å²) < 4.78 is 39.5. The molecular weight excluding hydrogens is 431 g/mol. The SMILES string of the molecule is Cc1c(C(=O)Nc2ccccc2SC(=O)N(C)C)cnn1-c1ccc(C(F)(F)F)cn1. The number of benzene rings is 1. The highest BCUT2D eigenvalue weighted by atomic mass is 32.2. The van der Waals surface area contributed by atoms with E-state index in [4.69, 9.17) is 0 Å². The first-order valence-electron chi connectivity index (χ1n) is 8.95. The molecule has 0 fully saturated rings. The molecule has 1 N–H and O–H groups in total. The number of alkyl halides is 3. The molecule has 0 spiro atoms. The number of para-hydroxylation sites is 1. The lowest BCUT2D eigenvalue weighted by molar-refractivity contribution is -0.137. The maximum absolute atomic E-state index is 12.8. The maximum atomic E-state index is 12.8. The Labute approximate surface area is 180 Å². The van der Waals surface area contributed by atoms with Crippen molar-refractivity contribution < 1.29 is 22.8 Å². The molecule has 2 amide bonds. The lowest BCUT2D eigenvalue weighted by atomic mass is 10.2. The number of hydrogen-bond acceptors (Lipinski definition) is 5. The standard InChI is InChI=1S/C20H18F3N5O2S/c1-12-14(11-25-28(12)17-9-8-13(10-24-17)20(21,22)23)18(29)26-15-6-4-5-7-16(15)31-19(30)27(2)3/h4-11H,1-3H3,(H,26,29). The molecule has 0 aliphatic heterocycles. The molecule has 2 aromatic heterocycles. The van der Waals surface area contributed by atoms with Gasteiger partial charge in [-0.15, -0.1) is 0 Å². The van der Waals surface area contributed by atoms with Crippen LogP contribution in [0.25, 0.3) is 5.82 Å². The second-order valence-electron chi connectivity index (χ2n) is 6.67. The van der Waals surface area contributed by atoms with Gasteiger partial charge in [0.05, 0.1) is 28.7 Å². The van der Waals surface area contributed by atoms with Crippen molar-refractivity contribution in [1.29, 1.82) is 0 Å². The molecule has 0 saturated carbocycles. The molecule has 0 aliphatic carbocycles. The Morgan fingerprint density at radius 3 is 2.42 bits per heavy atom. The third kappa shape index (κ3) is 5.05. The molecule has 7 nitrogen and oxygen atoms in total. The zero-order chi connectivity index (χ0) is 22.8. The molecule has 0 unspecified atom stereocenters. The summed E-state index contributed by atoms with van der Waals surface area (Å²) in [5, 5.41) is 6.64. The van der Waals surface area contributed by atoms with Crippen LogP contribution in [-0.4, -0.2) is 44.9 Å². The van der Waals surface area contributed by atoms with E-state index < -0.39 is 17.6 Å². The van der Waals surface area contributed by atoms with E-state index in [1.54, 1.807) is 45.3 Å². The van der Waals surface area contributed by atoms with Crippen LogP contribution in [0.1, 0.15) is 21.6 Å². The number of halogens is 3. The summed E-state index contributed by atoms with van der Waals surface area (Å²) in [6.07, 6.45) is -2.47. The van der Waals surface area contributed by atoms with Gasteiger partial charge < -0.3 is 10.2 Å². The van der Waals surface area contributed by atoms with Gasteiger partial charge in [-0.3, -0.25) is 9.59 Å². The zero-order valence-electron chi connectivity index (χ0n) is 16.8. The molecular formula is C20H18F3N5O2S. The third-order valence-corrected chi connectivity index (χ3v) is 5.36. The minimum absolute atomic E-state index is 0.150. The molecule has 0 atom stereocenters. The fourth-order valence-electron chi connectivity index (χ4n) is 2.58. The fourth-order valence-corrected chi connectivity index (χ4v) is 3.32. The number of carbonyl (C=O) groups excluding carboxylic acids is 2. The van der Waals surface area contributed by atoms with E-state index in [1.807, 2.05) is 0 Å². The molecule has 0 radical (unpaired) electrons. The van der Waals surface area contributed by atoms with E-state index in [1.165, 1.54) is 21.8 Å². The topological polar surface area (TPSA) is 80.1 Å². The lowest BCUT2D eigenvalue weighted by Gasteiger charge is -2.13. The smallest absolute Gasteiger partial charge is 0.339 e. The number of thioether (sulfide) groups is 1. The summed E-state index contributed by atoms with van der Waals surface area (Å²) in [5.74, 6) is -0.321. The molecule has 3 rings (SSSR count). The highest BCUT2D eigenvalue weighted by Crippen LogP contribution is 2.30. The minimum Gasteiger partial charge on any atom is -0.339 e. The first-order valence-corrected chi connectivity index (χ1v) is 9.77. The van der Waals surface area contributed by atoms with E-state index in [9.17, 15) is 22.8 Å². The number of amides is 2. The highest BCUT2D eigenvalue weighted by Gasteiger charge is 2.31. The molecule has 31 heavy (non-hydrogen) atoms. The van der Waals surface area contributed by atoms with Gasteiger partial charge in [-0.1, -0.05) is 12.1 Å². The Hall–Kier alpha value is -3.34. The van der Waals surface area contributed by atoms with Crippen LogP contribution in [0.15, 0.2) is 53.7 Å². The Morgan fingerprint density at radius 1 is 1.10 bits per heavy atom. The Balaban J connectivity index is 1.82. The number of pyridine rings is 1. The van der Waals surface area contributed by atoms with Crippen LogP contribution in [0.2, 0.25) is 0 Å². The van der Waals surface area contributed by atoms with Crippen LogP contribution < -0.4 is 5.32 Å². The van der Waals surface area contributed by atoms with Gasteiger partial charge in [-0.05, 0) is 43.0 Å². The maximum Gasteiger partial charge on any atom is 0.417 e. The van der Waals surface area contributed by atoms with Crippen LogP contribution in [-0.2, 0) is 6.18 Å². The summed E-state index contributed by atoms with van der Waals surface area (Å²) in [5.41, 5.74) is 0.201. The summed E-state index contributed by atoms with van der Waals surface area (Å²) in [6, 6.07) is 8.94. The van der Waals surface area contributed by atoms with Crippen molar-refractivity contribution in [3.63, 3.8) is 0 Å². The number of rotatable bonds is 4. The fraction of sp³-hybridized carbons (Fsp3) is 0.200. The van der Waals surface area contributed by atoms with Gasteiger partial charge in [-0.2, -0.15) is 18.3 Å². The lowest BCUT2D eigenvalue weighted by Crippen LogP contribution is -2.17. The van der Waals surface area contributed by atoms with Crippen molar-refractivity contribution >= 4 is 28.6 Å². The van der Waals surface area contributed by atoms with Gasteiger partial charge in [0, 0.05) is 25.2 Å². The van der Waals surface area contributed by atoms with Gasteiger partial charge in [0.15, 0.2) is 5.82 Å². The summed E-state index contributed by atoms with van der Waals surface area (Å²) in [4.78, 5) is 30.6. The largest absolute Gasteiger partial charge is 0.417 e. The van der Waals surface area contributed by atoms with Crippen molar-refractivity contribution in [3.05, 3.63) is 65.6 Å². The Bertz CT molecular complexity index is 1110. The van der Waals surface area contributed by atoms with Crippen molar-refractivity contribution in [3.8, 4) is 5.82 Å². The second-order valence-corrected chi connectivity index (χ2v) is 7.66. The summed E-state index contributed by atoms with van der Waals surface area (Å²) >= 11 is 0.975. The van der Waals surface area contributed by atoms with E-state index in [0.717, 1.165) is 17.8 Å². The monoisotopic (exact) mass is 449 g/mol. The molecule has 11 heteroatoms. The first-order chi connectivity index (χ1) is 14.6. The van der Waals surface area contributed by atoms with Gasteiger partial charge in [0.25, 0.3) is 11.1 Å². The second kappa shape index (κ2) is 8.80. The number of carbonyl (C=O) groups is 2. The molecule has 3 aromatic rings. The third-order valence-electron chi connectivity index (χ3n) is 4.24. The quantitative estimate of drug-likeness (QED) is 0.588. The molecule has 2 heterocycles. The molecule has 0 aliphatic rings. The van der Waals surface area contributed by atoms with Gasteiger partial charge in [0.2, 0.25) is 0 Å². The Kier molecular flexibility index (Phi) is 6.34. The van der Waals surface area contributed by atoms with E-state index in [0.29, 0.717) is 22.5 Å². The van der Waals surface area contributed by atoms with E-state index in [-0.39, 0.29) is 16.6 Å². The molecule has 162 valence electrons. The van der Waals surface area contributed by atoms with Crippen LogP contribution in [0.4, 0.5) is 23.7 Å².